The summed E-state index contributed by atoms with van der Waals surface area (Å²) < 4.78 is 108. The molecule has 1 fully saturated rings. The largest absolute Gasteiger partial charge is 0.493 e. The molecular formula is C28H25F7O2. The van der Waals surface area contributed by atoms with Gasteiger partial charge in [0.05, 0.1) is 6.61 Å². The van der Waals surface area contributed by atoms with E-state index in [1.165, 1.54) is 19.3 Å². The van der Waals surface area contributed by atoms with Crippen LogP contribution < -0.4 is 9.47 Å². The van der Waals surface area contributed by atoms with Gasteiger partial charge in [0.15, 0.2) is 17.5 Å². The Morgan fingerprint density at radius 3 is 1.97 bits per heavy atom. The van der Waals surface area contributed by atoms with E-state index in [0.29, 0.717) is 36.0 Å². The third kappa shape index (κ3) is 6.37. The number of hydrogen-bond acceptors (Lipinski definition) is 2. The Hall–Kier alpha value is -3.23. The van der Waals surface area contributed by atoms with Gasteiger partial charge in [-0.3, -0.25) is 0 Å². The van der Waals surface area contributed by atoms with Crippen molar-refractivity contribution in [1.82, 2.24) is 0 Å². The van der Waals surface area contributed by atoms with Gasteiger partial charge in [0, 0.05) is 12.1 Å². The number of halogens is 7. The maximum Gasteiger partial charge on any atom is 0.432 e. The number of hydrogen-bond donors (Lipinski definition) is 0. The topological polar surface area (TPSA) is 18.5 Å². The zero-order valence-corrected chi connectivity index (χ0v) is 20.0. The van der Waals surface area contributed by atoms with E-state index in [-0.39, 0.29) is 17.7 Å². The van der Waals surface area contributed by atoms with Crippen LogP contribution in [0.15, 0.2) is 48.5 Å². The van der Waals surface area contributed by atoms with Gasteiger partial charge in [-0.25, -0.2) is 22.0 Å². The predicted molar refractivity (Wildman–Crippen MR) is 124 cm³/mol. The highest BCUT2D eigenvalue weighted by atomic mass is 19.3. The van der Waals surface area contributed by atoms with Crippen LogP contribution in [0.2, 0.25) is 0 Å². The first-order valence-electron chi connectivity index (χ1n) is 12.0. The Kier molecular flexibility index (Phi) is 7.99. The molecular weight excluding hydrogens is 501 g/mol. The quantitative estimate of drug-likeness (QED) is 0.174. The molecule has 0 bridgehead atoms. The van der Waals surface area contributed by atoms with Gasteiger partial charge in [-0.2, -0.15) is 8.78 Å². The van der Waals surface area contributed by atoms with Gasteiger partial charge in [-0.1, -0.05) is 38.3 Å². The minimum atomic E-state index is -4.64. The van der Waals surface area contributed by atoms with Gasteiger partial charge in [-0.05, 0) is 60.1 Å². The van der Waals surface area contributed by atoms with Gasteiger partial charge in [0.25, 0.3) is 0 Å². The summed E-state index contributed by atoms with van der Waals surface area (Å²) >= 11 is 0. The molecule has 9 heteroatoms. The zero-order valence-electron chi connectivity index (χ0n) is 20.0. The molecule has 3 aromatic carbocycles. The van der Waals surface area contributed by atoms with Crippen LogP contribution in [0.1, 0.15) is 44.6 Å². The summed E-state index contributed by atoms with van der Waals surface area (Å²) in [6.45, 7) is 2.82. The van der Waals surface area contributed by atoms with Crippen molar-refractivity contribution in [2.75, 3.05) is 6.61 Å². The van der Waals surface area contributed by atoms with E-state index in [4.69, 9.17) is 4.74 Å². The molecule has 0 spiro atoms. The van der Waals surface area contributed by atoms with E-state index in [1.807, 2.05) is 0 Å². The molecule has 2 unspecified atom stereocenters. The fraction of sp³-hybridized carbons (Fsp3) is 0.357. The molecule has 1 saturated carbocycles. The average Bonchev–Trinajstić information content (AvgIpc) is 3.04. The van der Waals surface area contributed by atoms with Gasteiger partial charge < -0.3 is 9.47 Å². The summed E-state index contributed by atoms with van der Waals surface area (Å²) in [5.74, 6) is -8.12. The lowest BCUT2D eigenvalue weighted by Crippen LogP contribution is -2.25. The van der Waals surface area contributed by atoms with Crippen LogP contribution in [0.5, 0.6) is 11.5 Å². The molecule has 0 radical (unpaired) electrons. The molecule has 0 amide bonds. The third-order valence-electron chi connectivity index (χ3n) is 6.59. The maximum atomic E-state index is 14.7. The summed E-state index contributed by atoms with van der Waals surface area (Å²) in [5.41, 5.74) is -1.41. The van der Waals surface area contributed by atoms with Gasteiger partial charge in [-0.15, -0.1) is 0 Å². The second-order valence-electron chi connectivity index (χ2n) is 9.45. The number of benzene rings is 3. The lowest BCUT2D eigenvalue weighted by Gasteiger charge is -2.20. The van der Waals surface area contributed by atoms with Crippen molar-refractivity contribution in [2.24, 2.45) is 11.8 Å². The van der Waals surface area contributed by atoms with Crippen molar-refractivity contribution in [3.63, 3.8) is 0 Å². The molecule has 2 nitrogen and oxygen atoms in total. The van der Waals surface area contributed by atoms with Crippen LogP contribution in [-0.4, -0.2) is 6.61 Å². The molecule has 2 atom stereocenters. The summed E-state index contributed by atoms with van der Waals surface area (Å²) in [4.78, 5) is 0. The Balaban J connectivity index is 1.47. The molecule has 3 aromatic rings. The molecule has 0 aromatic heterocycles. The number of rotatable bonds is 7. The SMILES string of the molecule is CC1CCCC(COc2ccc(-c3cc(F)c(C(F)(F)Oc4cc(F)c(F)c(F)c4)c(F)c3)cc2)CC1. The van der Waals surface area contributed by atoms with Crippen LogP contribution >= 0.6 is 0 Å². The summed E-state index contributed by atoms with van der Waals surface area (Å²) in [6.07, 6.45) is 1.12. The summed E-state index contributed by atoms with van der Waals surface area (Å²) in [6, 6.07) is 8.07. The summed E-state index contributed by atoms with van der Waals surface area (Å²) in [5, 5.41) is 0. The number of ether oxygens (including phenoxy) is 2. The van der Waals surface area contributed by atoms with Crippen molar-refractivity contribution in [2.45, 2.75) is 45.1 Å². The highest BCUT2D eigenvalue weighted by Gasteiger charge is 2.41. The van der Waals surface area contributed by atoms with Gasteiger partial charge in [0.2, 0.25) is 0 Å². The minimum Gasteiger partial charge on any atom is -0.493 e. The van der Waals surface area contributed by atoms with Crippen molar-refractivity contribution >= 4 is 0 Å². The standard InChI is InChI=1S/C28H25F7O2/c1-16-3-2-4-17(6-5-16)15-36-20-9-7-18(8-10-20)19-11-22(29)26(23(30)12-19)28(34,35)37-21-13-24(31)27(33)25(32)14-21/h7-14,16-17H,2-6,15H2,1H3. The first-order chi connectivity index (χ1) is 17.5. The maximum absolute atomic E-state index is 14.7. The molecule has 37 heavy (non-hydrogen) atoms. The highest BCUT2D eigenvalue weighted by molar-refractivity contribution is 5.65. The Labute approximate surface area is 210 Å². The Bertz CT molecular complexity index is 1200. The molecule has 0 N–H and O–H groups in total. The van der Waals surface area contributed by atoms with E-state index in [0.717, 1.165) is 18.8 Å². The third-order valence-corrected chi connectivity index (χ3v) is 6.59. The van der Waals surface area contributed by atoms with Crippen molar-refractivity contribution in [1.29, 1.82) is 0 Å². The van der Waals surface area contributed by atoms with Gasteiger partial charge in [0.1, 0.15) is 28.7 Å². The molecule has 198 valence electrons. The average molecular weight is 526 g/mol. The molecule has 0 heterocycles. The fourth-order valence-electron chi connectivity index (χ4n) is 4.50. The van der Waals surface area contributed by atoms with E-state index in [2.05, 4.69) is 11.7 Å². The predicted octanol–water partition coefficient (Wildman–Crippen LogP) is 8.77. The van der Waals surface area contributed by atoms with E-state index in [1.54, 1.807) is 24.3 Å². The van der Waals surface area contributed by atoms with Crippen molar-refractivity contribution in [3.8, 4) is 22.6 Å². The van der Waals surface area contributed by atoms with E-state index in [9.17, 15) is 30.7 Å². The van der Waals surface area contributed by atoms with Crippen LogP contribution in [0.4, 0.5) is 30.7 Å². The fourth-order valence-corrected chi connectivity index (χ4v) is 4.50. The summed E-state index contributed by atoms with van der Waals surface area (Å²) in [7, 11) is 0. The molecule has 1 aliphatic rings. The molecule has 0 aliphatic heterocycles. The normalized spacial score (nSPS) is 18.4. The monoisotopic (exact) mass is 526 g/mol. The van der Waals surface area contributed by atoms with Crippen LogP contribution in [0, 0.1) is 40.9 Å². The number of alkyl halides is 2. The van der Waals surface area contributed by atoms with Gasteiger partial charge >= 0.3 is 6.11 Å². The molecule has 4 rings (SSSR count). The molecule has 0 saturated heterocycles. The lowest BCUT2D eigenvalue weighted by molar-refractivity contribution is -0.189. The first-order valence-corrected chi connectivity index (χ1v) is 12.0. The smallest absolute Gasteiger partial charge is 0.432 e. The second kappa shape index (κ2) is 11.0. The lowest BCUT2D eigenvalue weighted by atomic mass is 10.00. The first kappa shape index (κ1) is 26.8. The van der Waals surface area contributed by atoms with E-state index >= 15 is 0 Å². The van der Waals surface area contributed by atoms with Crippen LogP contribution in [-0.2, 0) is 6.11 Å². The zero-order chi connectivity index (χ0) is 26.7. The second-order valence-corrected chi connectivity index (χ2v) is 9.45. The van der Waals surface area contributed by atoms with Crippen LogP contribution in [0.25, 0.3) is 11.1 Å². The van der Waals surface area contributed by atoms with Crippen molar-refractivity contribution in [3.05, 3.63) is 83.2 Å². The Morgan fingerprint density at radius 1 is 0.730 bits per heavy atom. The highest BCUT2D eigenvalue weighted by Crippen LogP contribution is 2.38. The Morgan fingerprint density at radius 2 is 1.35 bits per heavy atom. The van der Waals surface area contributed by atoms with Crippen molar-refractivity contribution < 1.29 is 40.2 Å². The van der Waals surface area contributed by atoms with E-state index < -0.39 is 46.5 Å². The molecule has 1 aliphatic carbocycles. The van der Waals surface area contributed by atoms with Crippen LogP contribution in [0.3, 0.4) is 0 Å². The minimum absolute atomic E-state index is 0.0160.